The Balaban J connectivity index is 1.90. The van der Waals surface area contributed by atoms with Crippen LogP contribution < -0.4 is 4.18 Å². The number of pyridine rings is 1. The predicted octanol–water partition coefficient (Wildman–Crippen LogP) is 3.53. The Hall–Kier alpha value is -1.31. The molecule has 1 aromatic rings. The van der Waals surface area contributed by atoms with Gasteiger partial charge >= 0.3 is 15.6 Å². The van der Waals surface area contributed by atoms with Gasteiger partial charge in [0, 0.05) is 12.0 Å². The van der Waals surface area contributed by atoms with Crippen LogP contribution in [-0.2, 0) is 16.5 Å². The van der Waals surface area contributed by atoms with Gasteiger partial charge in [-0.1, -0.05) is 18.9 Å². The minimum absolute atomic E-state index is 0.203. The molecule has 2 atom stereocenters. The Morgan fingerprint density at radius 3 is 2.59 bits per heavy atom. The number of halogens is 3. The monoisotopic (exact) mass is 335 g/mol. The van der Waals surface area contributed by atoms with Crippen molar-refractivity contribution in [2.45, 2.75) is 50.0 Å². The Labute approximate surface area is 126 Å². The fourth-order valence-corrected chi connectivity index (χ4v) is 3.89. The van der Waals surface area contributed by atoms with E-state index in [0.29, 0.717) is 11.6 Å². The molecule has 22 heavy (non-hydrogen) atoms. The number of aromatic nitrogens is 1. The Bertz CT molecular complexity index is 672. The van der Waals surface area contributed by atoms with Crippen LogP contribution in [0.2, 0.25) is 0 Å². The molecular formula is C14H16F3NO3S. The standard InChI is InChI=1S/C14H16F3NO3S/c15-14(16,17)22(19,20)21-12-8-7-10-6-5-9-3-1-2-4-11(9)13(10)18-12/h7-9,11H,1-6H2. The maximum Gasteiger partial charge on any atom is 0.534 e. The molecule has 4 nitrogen and oxygen atoms in total. The molecule has 122 valence electrons. The molecule has 0 bridgehead atoms. The Morgan fingerprint density at radius 2 is 1.86 bits per heavy atom. The van der Waals surface area contributed by atoms with Crippen molar-refractivity contribution in [2.24, 2.45) is 5.92 Å². The van der Waals surface area contributed by atoms with E-state index in [-0.39, 0.29) is 5.92 Å². The molecule has 0 aliphatic heterocycles. The number of hydrogen-bond acceptors (Lipinski definition) is 4. The largest absolute Gasteiger partial charge is 0.534 e. The molecule has 2 aliphatic rings. The maximum absolute atomic E-state index is 12.4. The van der Waals surface area contributed by atoms with Gasteiger partial charge in [-0.25, -0.2) is 4.98 Å². The highest BCUT2D eigenvalue weighted by molar-refractivity contribution is 7.87. The lowest BCUT2D eigenvalue weighted by Crippen LogP contribution is -2.29. The number of hydrogen-bond donors (Lipinski definition) is 0. The predicted molar refractivity (Wildman–Crippen MR) is 72.9 cm³/mol. The fourth-order valence-electron chi connectivity index (χ4n) is 3.48. The summed E-state index contributed by atoms with van der Waals surface area (Å²) in [4.78, 5) is 4.09. The average Bonchev–Trinajstić information content (AvgIpc) is 2.45. The van der Waals surface area contributed by atoms with Gasteiger partial charge < -0.3 is 4.18 Å². The topological polar surface area (TPSA) is 56.3 Å². The van der Waals surface area contributed by atoms with Crippen molar-refractivity contribution in [3.05, 3.63) is 23.4 Å². The van der Waals surface area contributed by atoms with Gasteiger partial charge in [0.2, 0.25) is 5.88 Å². The zero-order chi connectivity index (χ0) is 16.0. The molecule has 0 radical (unpaired) electrons. The van der Waals surface area contributed by atoms with Gasteiger partial charge in [0.25, 0.3) is 0 Å². The number of alkyl halides is 3. The summed E-state index contributed by atoms with van der Waals surface area (Å²) in [5.41, 5.74) is -3.75. The summed E-state index contributed by atoms with van der Waals surface area (Å²) in [7, 11) is -5.67. The molecule has 1 aromatic heterocycles. The lowest BCUT2D eigenvalue weighted by molar-refractivity contribution is -0.0501. The highest BCUT2D eigenvalue weighted by Gasteiger charge is 2.49. The van der Waals surface area contributed by atoms with Crippen molar-refractivity contribution in [1.29, 1.82) is 0 Å². The van der Waals surface area contributed by atoms with Gasteiger partial charge in [-0.3, -0.25) is 0 Å². The fraction of sp³-hybridized carbons (Fsp3) is 0.643. The number of nitrogens with zero attached hydrogens (tertiary/aromatic N) is 1. The third kappa shape index (κ3) is 2.80. The van der Waals surface area contributed by atoms with E-state index in [0.717, 1.165) is 44.1 Å². The minimum Gasteiger partial charge on any atom is -0.355 e. The Kier molecular flexibility index (Phi) is 3.82. The van der Waals surface area contributed by atoms with Crippen LogP contribution >= 0.6 is 0 Å². The molecule has 0 saturated heterocycles. The van der Waals surface area contributed by atoms with E-state index < -0.39 is 21.5 Å². The van der Waals surface area contributed by atoms with Crippen molar-refractivity contribution >= 4 is 10.1 Å². The zero-order valence-electron chi connectivity index (χ0n) is 11.8. The lowest BCUT2D eigenvalue weighted by atomic mass is 9.70. The molecule has 2 unspecified atom stereocenters. The summed E-state index contributed by atoms with van der Waals surface area (Å²) >= 11 is 0. The van der Waals surface area contributed by atoms with E-state index in [1.807, 2.05) is 0 Å². The summed E-state index contributed by atoms with van der Waals surface area (Å²) in [6.07, 6.45) is 6.15. The van der Waals surface area contributed by atoms with Crippen molar-refractivity contribution in [3.8, 4) is 5.88 Å². The summed E-state index contributed by atoms with van der Waals surface area (Å²) in [6, 6.07) is 2.83. The smallest absolute Gasteiger partial charge is 0.355 e. The maximum atomic E-state index is 12.4. The minimum atomic E-state index is -5.67. The SMILES string of the molecule is O=S(=O)(Oc1ccc2c(n1)C1CCCCC1CC2)C(F)(F)F. The van der Waals surface area contributed by atoms with Gasteiger partial charge in [0.15, 0.2) is 0 Å². The second-order valence-electron chi connectivity index (χ2n) is 5.87. The summed E-state index contributed by atoms with van der Waals surface area (Å²) in [5.74, 6) is 0.195. The molecule has 0 N–H and O–H groups in total. The molecule has 0 spiro atoms. The number of aryl methyl sites for hydroxylation is 1. The van der Waals surface area contributed by atoms with E-state index in [1.165, 1.54) is 6.07 Å². The van der Waals surface area contributed by atoms with E-state index in [4.69, 9.17) is 0 Å². The molecule has 2 aliphatic carbocycles. The van der Waals surface area contributed by atoms with E-state index in [9.17, 15) is 21.6 Å². The van der Waals surface area contributed by atoms with Gasteiger partial charge in [0.1, 0.15) is 0 Å². The molecular weight excluding hydrogens is 319 g/mol. The molecule has 0 aromatic carbocycles. The van der Waals surface area contributed by atoms with Gasteiger partial charge in [-0.15, -0.1) is 0 Å². The number of rotatable bonds is 2. The van der Waals surface area contributed by atoms with Crippen LogP contribution in [-0.4, -0.2) is 18.9 Å². The van der Waals surface area contributed by atoms with Crippen LogP contribution in [0.1, 0.15) is 49.3 Å². The zero-order valence-corrected chi connectivity index (χ0v) is 12.6. The van der Waals surface area contributed by atoms with Crippen molar-refractivity contribution in [2.75, 3.05) is 0 Å². The van der Waals surface area contributed by atoms with Gasteiger partial charge in [-0.05, 0) is 37.2 Å². The first-order valence-corrected chi connectivity index (χ1v) is 8.69. The van der Waals surface area contributed by atoms with E-state index >= 15 is 0 Å². The lowest BCUT2D eigenvalue weighted by Gasteiger charge is -2.36. The summed E-state index contributed by atoms with van der Waals surface area (Å²) < 4.78 is 63.5. The van der Waals surface area contributed by atoms with Crippen LogP contribution in [0.3, 0.4) is 0 Å². The molecule has 0 amide bonds. The number of fused-ring (bicyclic) bond motifs is 3. The van der Waals surface area contributed by atoms with Crippen molar-refractivity contribution in [3.63, 3.8) is 0 Å². The molecule has 1 fully saturated rings. The highest BCUT2D eigenvalue weighted by Crippen LogP contribution is 2.44. The highest BCUT2D eigenvalue weighted by atomic mass is 32.2. The van der Waals surface area contributed by atoms with Crippen molar-refractivity contribution < 1.29 is 25.8 Å². The molecule has 8 heteroatoms. The van der Waals surface area contributed by atoms with E-state index in [2.05, 4.69) is 9.17 Å². The van der Waals surface area contributed by atoms with Crippen LogP contribution in [0.15, 0.2) is 12.1 Å². The first-order valence-electron chi connectivity index (χ1n) is 7.28. The van der Waals surface area contributed by atoms with Crippen LogP contribution in [0.25, 0.3) is 0 Å². The van der Waals surface area contributed by atoms with Crippen LogP contribution in [0, 0.1) is 5.92 Å². The van der Waals surface area contributed by atoms with Gasteiger partial charge in [-0.2, -0.15) is 21.6 Å². The summed E-state index contributed by atoms with van der Waals surface area (Å²) in [6.45, 7) is 0. The molecule has 3 rings (SSSR count). The second-order valence-corrected chi connectivity index (χ2v) is 7.40. The molecule has 1 heterocycles. The third-order valence-electron chi connectivity index (χ3n) is 4.51. The first kappa shape index (κ1) is 15.6. The third-order valence-corrected chi connectivity index (χ3v) is 5.47. The average molecular weight is 335 g/mol. The summed E-state index contributed by atoms with van der Waals surface area (Å²) in [5, 5.41) is 0. The normalized spacial score (nSPS) is 25.2. The van der Waals surface area contributed by atoms with Crippen molar-refractivity contribution in [1.82, 2.24) is 4.98 Å². The first-order chi connectivity index (χ1) is 10.3. The molecule has 1 saturated carbocycles. The van der Waals surface area contributed by atoms with Crippen LogP contribution in [0.5, 0.6) is 5.88 Å². The Morgan fingerprint density at radius 1 is 1.14 bits per heavy atom. The quantitative estimate of drug-likeness (QED) is 0.613. The second kappa shape index (κ2) is 5.40. The van der Waals surface area contributed by atoms with E-state index in [1.54, 1.807) is 6.07 Å². The van der Waals surface area contributed by atoms with Crippen LogP contribution in [0.4, 0.5) is 13.2 Å². The van der Waals surface area contributed by atoms with Gasteiger partial charge in [0.05, 0.1) is 5.69 Å².